The molecule has 3 aliphatic rings. The molecule has 1 saturated carbocycles. The largest absolute Gasteiger partial charge is 0.462 e. The van der Waals surface area contributed by atoms with Gasteiger partial charge >= 0.3 is 11.9 Å². The number of cyclic esters (lactones) is 1. The summed E-state index contributed by atoms with van der Waals surface area (Å²) < 4.78 is 10.8. The molecule has 0 unspecified atom stereocenters. The first-order valence-corrected chi connectivity index (χ1v) is 7.79. The fourth-order valence-electron chi connectivity index (χ4n) is 5.00. The maximum absolute atomic E-state index is 12.2. The zero-order valence-electron chi connectivity index (χ0n) is 13.3. The minimum Gasteiger partial charge on any atom is -0.462 e. The summed E-state index contributed by atoms with van der Waals surface area (Å²) in [5.74, 6) is -0.0736. The summed E-state index contributed by atoms with van der Waals surface area (Å²) in [7, 11) is 0. The van der Waals surface area contributed by atoms with Crippen molar-refractivity contribution in [2.75, 3.05) is 6.61 Å². The molecule has 4 atom stereocenters. The Balaban J connectivity index is 1.96. The molecule has 4 nitrogen and oxygen atoms in total. The summed E-state index contributed by atoms with van der Waals surface area (Å²) in [4.78, 5) is 23.6. The van der Waals surface area contributed by atoms with Gasteiger partial charge in [0.15, 0.2) is 0 Å². The highest BCUT2D eigenvalue weighted by Gasteiger charge is 2.60. The van der Waals surface area contributed by atoms with Crippen molar-refractivity contribution in [3.05, 3.63) is 11.6 Å². The van der Waals surface area contributed by atoms with Crippen LogP contribution in [0.5, 0.6) is 0 Å². The van der Waals surface area contributed by atoms with Gasteiger partial charge < -0.3 is 9.47 Å². The van der Waals surface area contributed by atoms with Crippen molar-refractivity contribution in [2.45, 2.75) is 53.1 Å². The van der Waals surface area contributed by atoms with E-state index in [-0.39, 0.29) is 34.8 Å². The molecule has 3 rings (SSSR count). The Morgan fingerprint density at radius 3 is 2.76 bits per heavy atom. The van der Waals surface area contributed by atoms with E-state index < -0.39 is 0 Å². The Morgan fingerprint density at radius 2 is 2.10 bits per heavy atom. The second-order valence-corrected chi connectivity index (χ2v) is 7.57. The maximum atomic E-state index is 12.2. The predicted molar refractivity (Wildman–Crippen MR) is 77.3 cm³/mol. The van der Waals surface area contributed by atoms with E-state index in [1.807, 2.05) is 0 Å². The molecule has 1 saturated heterocycles. The van der Waals surface area contributed by atoms with Crippen molar-refractivity contribution in [3.63, 3.8) is 0 Å². The molecule has 0 bridgehead atoms. The van der Waals surface area contributed by atoms with Gasteiger partial charge in [-0.25, -0.2) is 0 Å². The van der Waals surface area contributed by atoms with Gasteiger partial charge in [0, 0.05) is 12.3 Å². The van der Waals surface area contributed by atoms with Crippen molar-refractivity contribution < 1.29 is 19.1 Å². The van der Waals surface area contributed by atoms with Gasteiger partial charge in [-0.1, -0.05) is 26.8 Å². The zero-order valence-corrected chi connectivity index (χ0v) is 13.3. The number of allylic oxidation sites excluding steroid dienone is 1. The molecule has 0 amide bonds. The van der Waals surface area contributed by atoms with Crippen LogP contribution in [0.25, 0.3) is 0 Å². The highest BCUT2D eigenvalue weighted by atomic mass is 16.5. The molecule has 0 N–H and O–H groups in total. The Hall–Kier alpha value is -1.32. The quantitative estimate of drug-likeness (QED) is 0.551. The van der Waals surface area contributed by atoms with E-state index in [4.69, 9.17) is 9.47 Å². The van der Waals surface area contributed by atoms with Gasteiger partial charge in [0.1, 0.15) is 12.7 Å². The molecule has 1 aliphatic heterocycles. The molecule has 4 heteroatoms. The van der Waals surface area contributed by atoms with Gasteiger partial charge in [-0.05, 0) is 36.2 Å². The molecule has 0 aromatic rings. The molecule has 0 spiro atoms. The molecule has 2 fully saturated rings. The lowest BCUT2D eigenvalue weighted by atomic mass is 9.48. The normalized spacial score (nSPS) is 40.7. The number of carbonyl (C=O) groups is 2. The van der Waals surface area contributed by atoms with Crippen LogP contribution < -0.4 is 0 Å². The summed E-state index contributed by atoms with van der Waals surface area (Å²) in [6, 6.07) is 0. The minimum absolute atomic E-state index is 0.0690. The molecule has 0 radical (unpaired) electrons. The van der Waals surface area contributed by atoms with Crippen LogP contribution >= 0.6 is 0 Å². The van der Waals surface area contributed by atoms with Gasteiger partial charge in [0.25, 0.3) is 0 Å². The molecule has 0 aromatic heterocycles. The van der Waals surface area contributed by atoms with Crippen LogP contribution in [-0.2, 0) is 19.1 Å². The lowest BCUT2D eigenvalue weighted by Gasteiger charge is -2.57. The van der Waals surface area contributed by atoms with Crippen molar-refractivity contribution in [1.29, 1.82) is 0 Å². The molecular formula is C17H24O4. The predicted octanol–water partition coefficient (Wildman–Crippen LogP) is 2.86. The molecular weight excluding hydrogens is 268 g/mol. The Kier molecular flexibility index (Phi) is 3.19. The molecule has 2 aliphatic carbocycles. The van der Waals surface area contributed by atoms with Gasteiger partial charge in [-0.15, -0.1) is 0 Å². The van der Waals surface area contributed by atoms with Gasteiger partial charge in [0.2, 0.25) is 0 Å². The third-order valence-corrected chi connectivity index (χ3v) is 6.04. The average molecular weight is 292 g/mol. The van der Waals surface area contributed by atoms with Crippen LogP contribution in [0.4, 0.5) is 0 Å². The topological polar surface area (TPSA) is 52.6 Å². The smallest absolute Gasteiger partial charge is 0.314 e. The van der Waals surface area contributed by atoms with Crippen LogP contribution in [0.3, 0.4) is 0 Å². The Morgan fingerprint density at radius 1 is 1.38 bits per heavy atom. The van der Waals surface area contributed by atoms with E-state index in [2.05, 4.69) is 26.8 Å². The number of carbonyl (C=O) groups excluding carboxylic acids is 2. The highest BCUT2D eigenvalue weighted by Crippen LogP contribution is 2.61. The van der Waals surface area contributed by atoms with E-state index in [1.165, 1.54) is 6.92 Å². The monoisotopic (exact) mass is 292 g/mol. The zero-order chi connectivity index (χ0) is 15.4. The molecule has 116 valence electrons. The molecule has 21 heavy (non-hydrogen) atoms. The first kappa shape index (κ1) is 14.6. The first-order valence-electron chi connectivity index (χ1n) is 7.79. The standard InChI is InChI=1S/C17H24O4/c1-10(18)21-13-7-8-17(4)12(16(13,2)3)6-5-11-9-20-15(19)14(11)17/h5,12-14H,6-9H2,1-4H3/t12-,13+,14+,17-/m0/s1. The van der Waals surface area contributed by atoms with Crippen molar-refractivity contribution >= 4 is 11.9 Å². The second-order valence-electron chi connectivity index (χ2n) is 7.57. The van der Waals surface area contributed by atoms with Crippen LogP contribution in [0.2, 0.25) is 0 Å². The number of hydrogen-bond acceptors (Lipinski definition) is 4. The van der Waals surface area contributed by atoms with Crippen LogP contribution in [0.1, 0.15) is 47.0 Å². The first-order chi connectivity index (χ1) is 9.76. The highest BCUT2D eigenvalue weighted by molar-refractivity contribution is 5.80. The number of ether oxygens (including phenoxy) is 2. The van der Waals surface area contributed by atoms with Gasteiger partial charge in [-0.2, -0.15) is 0 Å². The Bertz CT molecular complexity index is 519. The molecule has 0 aromatic carbocycles. The van der Waals surface area contributed by atoms with E-state index in [0.717, 1.165) is 24.8 Å². The third-order valence-electron chi connectivity index (χ3n) is 6.04. The summed E-state index contributed by atoms with van der Waals surface area (Å²) in [5.41, 5.74) is 0.932. The fourth-order valence-corrected chi connectivity index (χ4v) is 5.00. The van der Waals surface area contributed by atoms with Crippen molar-refractivity contribution in [2.24, 2.45) is 22.7 Å². The average Bonchev–Trinajstić information content (AvgIpc) is 2.76. The second kappa shape index (κ2) is 4.59. The van der Waals surface area contributed by atoms with E-state index in [1.54, 1.807) is 0 Å². The van der Waals surface area contributed by atoms with Crippen LogP contribution in [0, 0.1) is 22.7 Å². The number of rotatable bonds is 1. The van der Waals surface area contributed by atoms with Crippen molar-refractivity contribution in [1.82, 2.24) is 0 Å². The summed E-state index contributed by atoms with van der Waals surface area (Å²) in [6.45, 7) is 8.48. The van der Waals surface area contributed by atoms with Crippen LogP contribution in [-0.4, -0.2) is 24.6 Å². The number of fused-ring (bicyclic) bond motifs is 3. The third kappa shape index (κ3) is 2.02. The summed E-state index contributed by atoms with van der Waals surface area (Å²) >= 11 is 0. The lowest BCUT2D eigenvalue weighted by molar-refractivity contribution is -0.175. The van der Waals surface area contributed by atoms with Crippen LogP contribution in [0.15, 0.2) is 11.6 Å². The van der Waals surface area contributed by atoms with E-state index >= 15 is 0 Å². The Labute approximate surface area is 125 Å². The number of hydrogen-bond donors (Lipinski definition) is 0. The molecule has 1 heterocycles. The fraction of sp³-hybridized carbons (Fsp3) is 0.765. The SMILES string of the molecule is CC(=O)O[C@@H]1CC[C@]2(C)[C@H]3C(=O)OCC3=CC[C@H]2C1(C)C. The van der Waals surface area contributed by atoms with E-state index in [0.29, 0.717) is 12.5 Å². The summed E-state index contributed by atoms with van der Waals surface area (Å²) in [6.07, 6.45) is 4.76. The number of esters is 2. The van der Waals surface area contributed by atoms with Crippen molar-refractivity contribution in [3.8, 4) is 0 Å². The van der Waals surface area contributed by atoms with E-state index in [9.17, 15) is 9.59 Å². The summed E-state index contributed by atoms with van der Waals surface area (Å²) in [5, 5.41) is 0. The minimum atomic E-state index is -0.219. The lowest BCUT2D eigenvalue weighted by Crippen LogP contribution is -2.55. The maximum Gasteiger partial charge on any atom is 0.314 e. The van der Waals surface area contributed by atoms with Gasteiger partial charge in [0.05, 0.1) is 5.92 Å². The van der Waals surface area contributed by atoms with Gasteiger partial charge in [-0.3, -0.25) is 9.59 Å².